The molecule has 12 heavy (non-hydrogen) atoms. The van der Waals surface area contributed by atoms with Crippen molar-refractivity contribution >= 4 is 11.8 Å². The summed E-state index contributed by atoms with van der Waals surface area (Å²) >= 11 is 1.74. The Kier molecular flexibility index (Phi) is 7.09. The van der Waals surface area contributed by atoms with Crippen LogP contribution in [-0.2, 0) is 0 Å². The van der Waals surface area contributed by atoms with E-state index in [0.29, 0.717) is 5.92 Å². The second-order valence-electron chi connectivity index (χ2n) is 2.99. The van der Waals surface area contributed by atoms with Gasteiger partial charge in [-0.1, -0.05) is 45.1 Å². The SMILES string of the molecule is CCC/C=C(/C#CC(C)C)SC. The van der Waals surface area contributed by atoms with Crippen LogP contribution in [0.25, 0.3) is 0 Å². The molecule has 0 spiro atoms. The summed E-state index contributed by atoms with van der Waals surface area (Å²) in [6.45, 7) is 6.42. The zero-order chi connectivity index (χ0) is 9.40. The molecule has 0 saturated carbocycles. The predicted molar refractivity (Wildman–Crippen MR) is 59.1 cm³/mol. The molecule has 0 heterocycles. The molecule has 1 heteroatoms. The molecule has 0 amide bonds. The number of rotatable bonds is 3. The molecule has 0 radical (unpaired) electrons. The van der Waals surface area contributed by atoms with E-state index in [-0.39, 0.29) is 0 Å². The Morgan fingerprint density at radius 1 is 1.50 bits per heavy atom. The maximum atomic E-state index is 3.18. The van der Waals surface area contributed by atoms with Crippen molar-refractivity contribution in [3.05, 3.63) is 11.0 Å². The quantitative estimate of drug-likeness (QED) is 0.600. The molecule has 0 aromatic heterocycles. The van der Waals surface area contributed by atoms with E-state index in [1.165, 1.54) is 11.3 Å². The lowest BCUT2D eigenvalue weighted by molar-refractivity contribution is 0.866. The van der Waals surface area contributed by atoms with Crippen LogP contribution >= 0.6 is 11.8 Å². The third-order valence-corrected chi connectivity index (χ3v) is 2.03. The van der Waals surface area contributed by atoms with Gasteiger partial charge in [0, 0.05) is 5.92 Å². The first-order chi connectivity index (χ1) is 5.70. The molecule has 0 aromatic carbocycles. The van der Waals surface area contributed by atoms with E-state index in [1.54, 1.807) is 11.8 Å². The van der Waals surface area contributed by atoms with Gasteiger partial charge in [-0.15, -0.1) is 11.8 Å². The summed E-state index contributed by atoms with van der Waals surface area (Å²) in [6.07, 6.45) is 6.65. The van der Waals surface area contributed by atoms with E-state index in [0.717, 1.165) is 6.42 Å². The van der Waals surface area contributed by atoms with Crippen molar-refractivity contribution in [2.75, 3.05) is 6.26 Å². The fourth-order valence-electron chi connectivity index (χ4n) is 0.676. The van der Waals surface area contributed by atoms with Crippen LogP contribution in [0.3, 0.4) is 0 Å². The molecule has 68 valence electrons. The zero-order valence-corrected chi connectivity index (χ0v) is 9.29. The normalized spacial score (nSPS) is 11.2. The molecule has 0 nitrogen and oxygen atoms in total. The maximum Gasteiger partial charge on any atom is 0.0530 e. The molecule has 0 atom stereocenters. The van der Waals surface area contributed by atoms with Crippen molar-refractivity contribution in [1.29, 1.82) is 0 Å². The lowest BCUT2D eigenvalue weighted by atomic mass is 10.2. The van der Waals surface area contributed by atoms with Crippen LogP contribution in [0.15, 0.2) is 11.0 Å². The lowest BCUT2D eigenvalue weighted by Gasteiger charge is -1.93. The largest absolute Gasteiger partial charge is 0.121 e. The summed E-state index contributed by atoms with van der Waals surface area (Å²) in [5, 5.41) is 0. The Morgan fingerprint density at radius 2 is 2.17 bits per heavy atom. The van der Waals surface area contributed by atoms with Crippen LogP contribution in [0.2, 0.25) is 0 Å². The van der Waals surface area contributed by atoms with Gasteiger partial charge in [-0.3, -0.25) is 0 Å². The number of thioether (sulfide) groups is 1. The second-order valence-corrected chi connectivity index (χ2v) is 3.83. The lowest BCUT2D eigenvalue weighted by Crippen LogP contribution is -1.79. The molecule has 0 aliphatic heterocycles. The van der Waals surface area contributed by atoms with E-state index in [2.05, 4.69) is 44.9 Å². The molecule has 0 aliphatic rings. The highest BCUT2D eigenvalue weighted by Crippen LogP contribution is 2.11. The average molecular weight is 182 g/mol. The molecule has 0 aromatic rings. The summed E-state index contributed by atoms with van der Waals surface area (Å²) in [7, 11) is 0. The number of allylic oxidation sites excluding steroid dienone is 2. The standard InChI is InChI=1S/C11H18S/c1-5-6-7-11(12-4)9-8-10(2)3/h7,10H,5-6H2,1-4H3/b11-7-. The van der Waals surface area contributed by atoms with Gasteiger partial charge >= 0.3 is 0 Å². The van der Waals surface area contributed by atoms with Crippen molar-refractivity contribution in [2.45, 2.75) is 33.6 Å². The first kappa shape index (κ1) is 11.6. The van der Waals surface area contributed by atoms with E-state index in [9.17, 15) is 0 Å². The molecule has 0 unspecified atom stereocenters. The fourth-order valence-corrected chi connectivity index (χ4v) is 1.12. The second kappa shape index (κ2) is 7.31. The van der Waals surface area contributed by atoms with E-state index in [4.69, 9.17) is 0 Å². The summed E-state index contributed by atoms with van der Waals surface area (Å²) in [5.74, 6) is 6.82. The molecular weight excluding hydrogens is 164 g/mol. The van der Waals surface area contributed by atoms with Crippen LogP contribution in [0.4, 0.5) is 0 Å². The minimum absolute atomic E-state index is 0.474. The van der Waals surface area contributed by atoms with E-state index < -0.39 is 0 Å². The minimum Gasteiger partial charge on any atom is -0.121 e. The van der Waals surface area contributed by atoms with Crippen LogP contribution in [-0.4, -0.2) is 6.26 Å². The van der Waals surface area contributed by atoms with Crippen LogP contribution in [0.1, 0.15) is 33.6 Å². The first-order valence-corrected chi connectivity index (χ1v) is 5.68. The topological polar surface area (TPSA) is 0 Å². The Bertz CT molecular complexity index is 191. The van der Waals surface area contributed by atoms with Gasteiger partial charge in [-0.25, -0.2) is 0 Å². The van der Waals surface area contributed by atoms with Gasteiger partial charge in [-0.05, 0) is 12.7 Å². The van der Waals surface area contributed by atoms with E-state index >= 15 is 0 Å². The Labute approximate surface area is 80.8 Å². The third-order valence-electron chi connectivity index (χ3n) is 1.32. The monoisotopic (exact) mass is 182 g/mol. The maximum absolute atomic E-state index is 3.18. The Balaban J connectivity index is 4.10. The summed E-state index contributed by atoms with van der Waals surface area (Å²) in [4.78, 5) is 1.21. The number of hydrogen-bond acceptors (Lipinski definition) is 1. The Hall–Kier alpha value is -0.350. The highest BCUT2D eigenvalue weighted by Gasteiger charge is 1.88. The van der Waals surface area contributed by atoms with Crippen molar-refractivity contribution in [3.63, 3.8) is 0 Å². The van der Waals surface area contributed by atoms with Gasteiger partial charge in [0.1, 0.15) is 0 Å². The van der Waals surface area contributed by atoms with Crippen molar-refractivity contribution in [2.24, 2.45) is 5.92 Å². The van der Waals surface area contributed by atoms with Gasteiger partial charge in [0.15, 0.2) is 0 Å². The van der Waals surface area contributed by atoms with Gasteiger partial charge < -0.3 is 0 Å². The predicted octanol–water partition coefficient (Wildman–Crippen LogP) is 3.69. The van der Waals surface area contributed by atoms with Gasteiger partial charge in [0.05, 0.1) is 4.91 Å². The zero-order valence-electron chi connectivity index (χ0n) is 8.48. The number of unbranched alkanes of at least 4 members (excludes halogenated alkanes) is 1. The smallest absolute Gasteiger partial charge is 0.0530 e. The first-order valence-electron chi connectivity index (χ1n) is 4.46. The van der Waals surface area contributed by atoms with Crippen LogP contribution < -0.4 is 0 Å². The highest BCUT2D eigenvalue weighted by atomic mass is 32.2. The van der Waals surface area contributed by atoms with Gasteiger partial charge in [0.25, 0.3) is 0 Å². The molecule has 0 saturated heterocycles. The van der Waals surface area contributed by atoms with E-state index in [1.807, 2.05) is 0 Å². The van der Waals surface area contributed by atoms with Gasteiger partial charge in [-0.2, -0.15) is 0 Å². The van der Waals surface area contributed by atoms with Crippen molar-refractivity contribution in [3.8, 4) is 11.8 Å². The molecule has 0 rings (SSSR count). The number of hydrogen-bond donors (Lipinski definition) is 0. The minimum atomic E-state index is 0.474. The van der Waals surface area contributed by atoms with Crippen molar-refractivity contribution in [1.82, 2.24) is 0 Å². The fraction of sp³-hybridized carbons (Fsp3) is 0.636. The van der Waals surface area contributed by atoms with Crippen molar-refractivity contribution < 1.29 is 0 Å². The molecule has 0 bridgehead atoms. The summed E-state index contributed by atoms with van der Waals surface area (Å²) in [6, 6.07) is 0. The summed E-state index contributed by atoms with van der Waals surface area (Å²) in [5.41, 5.74) is 0. The average Bonchev–Trinajstić information content (AvgIpc) is 2.05. The highest BCUT2D eigenvalue weighted by molar-refractivity contribution is 8.02. The third kappa shape index (κ3) is 6.37. The van der Waals surface area contributed by atoms with Crippen LogP contribution in [0, 0.1) is 17.8 Å². The molecular formula is C11H18S. The summed E-state index contributed by atoms with van der Waals surface area (Å²) < 4.78 is 0. The van der Waals surface area contributed by atoms with Crippen LogP contribution in [0.5, 0.6) is 0 Å². The molecule has 0 fully saturated rings. The molecule has 0 N–H and O–H groups in total. The molecule has 0 aliphatic carbocycles. The Morgan fingerprint density at radius 3 is 2.58 bits per heavy atom. The van der Waals surface area contributed by atoms with Gasteiger partial charge in [0.2, 0.25) is 0 Å².